The first-order chi connectivity index (χ1) is 18.7. The highest BCUT2D eigenvalue weighted by Gasteiger charge is 2.39. The summed E-state index contributed by atoms with van der Waals surface area (Å²) < 4.78 is 0. The summed E-state index contributed by atoms with van der Waals surface area (Å²) in [6, 6.07) is 38.3. The van der Waals surface area contributed by atoms with Crippen LogP contribution in [0, 0.1) is 0 Å². The number of para-hydroxylation sites is 3. The molecule has 184 valence electrons. The quantitative estimate of drug-likeness (QED) is 0.155. The predicted octanol–water partition coefficient (Wildman–Crippen LogP) is 6.82. The summed E-state index contributed by atoms with van der Waals surface area (Å²) in [6.07, 6.45) is 4.45. The predicted molar refractivity (Wildman–Crippen MR) is 159 cm³/mol. The molecule has 4 aromatic rings. The fraction of sp³-hybridized carbons (Fsp3) is 0. The first-order valence-corrected chi connectivity index (χ1v) is 12.4. The Morgan fingerprint density at radius 3 is 1.74 bits per heavy atom. The maximum atomic E-state index is 12.7. The highest BCUT2D eigenvalue weighted by atomic mass is 32.1. The molecule has 0 aliphatic carbocycles. The van der Waals surface area contributed by atoms with Gasteiger partial charge in [-0.1, -0.05) is 91.0 Å². The molecular formula is C31H23N5OS. The van der Waals surface area contributed by atoms with E-state index in [2.05, 4.69) is 5.10 Å². The zero-order valence-electron chi connectivity index (χ0n) is 20.3. The van der Waals surface area contributed by atoms with E-state index in [-0.39, 0.29) is 5.78 Å². The minimum Gasteiger partial charge on any atom is -0.288 e. The van der Waals surface area contributed by atoms with Gasteiger partial charge < -0.3 is 0 Å². The summed E-state index contributed by atoms with van der Waals surface area (Å²) in [4.78, 5) is 24.3. The van der Waals surface area contributed by atoms with Gasteiger partial charge in [0, 0.05) is 0 Å². The lowest BCUT2D eigenvalue weighted by atomic mass is 10.2. The van der Waals surface area contributed by atoms with Crippen LogP contribution in [-0.4, -0.2) is 33.8 Å². The Bertz CT molecular complexity index is 1530. The summed E-state index contributed by atoms with van der Waals surface area (Å²) in [5, 5.41) is 6.28. The number of nitrogens with zero attached hydrogens (tertiary/aromatic N) is 5. The number of thiocarbonyl (C=S) groups is 1. The van der Waals surface area contributed by atoms with Crippen LogP contribution in [0.4, 0.5) is 17.1 Å². The summed E-state index contributed by atoms with van der Waals surface area (Å²) in [5.74, 6) is 0.626. The largest absolute Gasteiger partial charge is 0.288 e. The second-order valence-corrected chi connectivity index (χ2v) is 8.56. The van der Waals surface area contributed by atoms with Crippen LogP contribution >= 0.6 is 12.2 Å². The normalized spacial score (nSPS) is 15.8. The molecule has 1 aliphatic heterocycles. The molecule has 0 aromatic heterocycles. The average Bonchev–Trinajstić information content (AvgIpc) is 3.22. The Kier molecular flexibility index (Phi) is 7.67. The number of allylic oxidation sites excluding steroid dienone is 1. The van der Waals surface area contributed by atoms with E-state index < -0.39 is 0 Å². The summed E-state index contributed by atoms with van der Waals surface area (Å²) in [6.45, 7) is 0. The minimum absolute atomic E-state index is 0.282. The van der Waals surface area contributed by atoms with Gasteiger partial charge in [0.1, 0.15) is 0 Å². The molecule has 1 saturated heterocycles. The lowest BCUT2D eigenvalue weighted by Crippen LogP contribution is -2.31. The van der Waals surface area contributed by atoms with Crippen molar-refractivity contribution in [2.24, 2.45) is 15.1 Å². The van der Waals surface area contributed by atoms with E-state index >= 15 is 0 Å². The van der Waals surface area contributed by atoms with Crippen LogP contribution in [0.2, 0.25) is 0 Å². The first kappa shape index (κ1) is 24.7. The maximum absolute atomic E-state index is 12.7. The SMILES string of the molecule is O=C(/C=C\c1ccccc1)/C=N\N1C(=S)N(c2ccccc2)C(=Nc2ccccc2)C1=Nc1ccccc1. The number of rotatable bonds is 7. The highest BCUT2D eigenvalue weighted by Crippen LogP contribution is 2.28. The van der Waals surface area contributed by atoms with E-state index in [9.17, 15) is 4.79 Å². The van der Waals surface area contributed by atoms with Crippen molar-refractivity contribution < 1.29 is 4.79 Å². The van der Waals surface area contributed by atoms with Gasteiger partial charge in [0.15, 0.2) is 11.6 Å². The minimum atomic E-state index is -0.282. The molecule has 6 nitrogen and oxygen atoms in total. The second-order valence-electron chi connectivity index (χ2n) is 8.20. The van der Waals surface area contributed by atoms with E-state index in [1.165, 1.54) is 17.3 Å². The lowest BCUT2D eigenvalue weighted by Gasteiger charge is -2.17. The molecule has 1 heterocycles. The molecule has 0 spiro atoms. The van der Waals surface area contributed by atoms with Crippen molar-refractivity contribution in [1.82, 2.24) is 5.01 Å². The number of ketones is 1. The number of hydrazone groups is 1. The Labute approximate surface area is 226 Å². The fourth-order valence-electron chi connectivity index (χ4n) is 3.73. The van der Waals surface area contributed by atoms with Gasteiger partial charge >= 0.3 is 0 Å². The van der Waals surface area contributed by atoms with Gasteiger partial charge in [-0.15, -0.1) is 0 Å². The van der Waals surface area contributed by atoms with E-state index in [0.717, 1.165) is 16.9 Å². The fourth-order valence-corrected chi connectivity index (χ4v) is 4.06. The zero-order chi connectivity index (χ0) is 26.2. The third-order valence-electron chi connectivity index (χ3n) is 5.52. The molecule has 5 rings (SSSR count). The number of carbonyl (C=O) groups excluding carboxylic acids is 1. The van der Waals surface area contributed by atoms with Crippen LogP contribution in [0.3, 0.4) is 0 Å². The lowest BCUT2D eigenvalue weighted by molar-refractivity contribution is -0.108. The summed E-state index contributed by atoms with van der Waals surface area (Å²) >= 11 is 5.87. The van der Waals surface area contributed by atoms with E-state index in [4.69, 9.17) is 22.2 Å². The molecule has 0 unspecified atom stereocenters. The molecule has 38 heavy (non-hydrogen) atoms. The van der Waals surface area contributed by atoms with Crippen molar-refractivity contribution in [3.63, 3.8) is 0 Å². The molecule has 1 fully saturated rings. The third-order valence-corrected chi connectivity index (χ3v) is 5.88. The van der Waals surface area contributed by atoms with E-state index in [0.29, 0.717) is 22.5 Å². The van der Waals surface area contributed by atoms with Crippen molar-refractivity contribution in [2.45, 2.75) is 0 Å². The van der Waals surface area contributed by atoms with Crippen LogP contribution in [0.1, 0.15) is 5.56 Å². The van der Waals surface area contributed by atoms with Gasteiger partial charge in [0.2, 0.25) is 10.9 Å². The molecule has 0 N–H and O–H groups in total. The van der Waals surface area contributed by atoms with Crippen molar-refractivity contribution in [1.29, 1.82) is 0 Å². The number of amidine groups is 2. The number of hydrogen-bond donors (Lipinski definition) is 0. The molecule has 0 amide bonds. The Morgan fingerprint density at radius 1 is 0.658 bits per heavy atom. The van der Waals surface area contributed by atoms with Crippen LogP contribution in [0.5, 0.6) is 0 Å². The van der Waals surface area contributed by atoms with Crippen molar-refractivity contribution >= 4 is 64.1 Å². The molecular weight excluding hydrogens is 490 g/mol. The topological polar surface area (TPSA) is 60.6 Å². The molecule has 0 atom stereocenters. The van der Waals surface area contributed by atoms with Crippen LogP contribution < -0.4 is 4.90 Å². The Hall–Kier alpha value is -5.01. The van der Waals surface area contributed by atoms with Crippen molar-refractivity contribution in [2.75, 3.05) is 4.90 Å². The summed E-state index contributed by atoms with van der Waals surface area (Å²) in [5.41, 5.74) is 3.17. The van der Waals surface area contributed by atoms with E-state index in [1.807, 2.05) is 126 Å². The summed E-state index contributed by atoms with van der Waals surface area (Å²) in [7, 11) is 0. The smallest absolute Gasteiger partial charge is 0.209 e. The number of aliphatic imine (C=N–C) groups is 2. The van der Waals surface area contributed by atoms with Gasteiger partial charge in [0.05, 0.1) is 23.3 Å². The molecule has 0 radical (unpaired) electrons. The molecule has 0 bridgehead atoms. The standard InChI is InChI=1S/C31H23N5OS/c37-28(22-21-24-13-5-1-6-14-24)23-32-36-30(34-26-17-9-3-10-18-26)29(33-25-15-7-2-8-16-25)35(31(36)38)27-19-11-4-12-20-27/h1-23H/b22-21-,32-23-,33-29?,34-30?. The average molecular weight is 514 g/mol. The van der Waals surface area contributed by atoms with Gasteiger partial charge in [-0.2, -0.15) is 10.1 Å². The second kappa shape index (κ2) is 11.8. The monoisotopic (exact) mass is 513 g/mol. The molecule has 0 saturated carbocycles. The Balaban J connectivity index is 1.58. The molecule has 7 heteroatoms. The number of hydrogen-bond acceptors (Lipinski definition) is 5. The molecule has 4 aromatic carbocycles. The van der Waals surface area contributed by atoms with Crippen LogP contribution in [-0.2, 0) is 4.79 Å². The van der Waals surface area contributed by atoms with Crippen molar-refractivity contribution in [3.05, 3.63) is 133 Å². The Morgan fingerprint density at radius 2 is 1.16 bits per heavy atom. The van der Waals surface area contributed by atoms with Crippen molar-refractivity contribution in [3.8, 4) is 0 Å². The van der Waals surface area contributed by atoms with Gasteiger partial charge in [-0.3, -0.25) is 9.69 Å². The van der Waals surface area contributed by atoms with Crippen LogP contribution in [0.15, 0.2) is 142 Å². The number of carbonyl (C=O) groups is 1. The highest BCUT2D eigenvalue weighted by molar-refractivity contribution is 7.80. The van der Waals surface area contributed by atoms with Gasteiger partial charge in [0.25, 0.3) is 0 Å². The number of anilines is 1. The van der Waals surface area contributed by atoms with Crippen LogP contribution in [0.25, 0.3) is 6.08 Å². The van der Waals surface area contributed by atoms with Gasteiger partial charge in [-0.05, 0) is 60.3 Å². The maximum Gasteiger partial charge on any atom is 0.209 e. The number of benzene rings is 4. The van der Waals surface area contributed by atoms with E-state index in [1.54, 1.807) is 6.08 Å². The zero-order valence-corrected chi connectivity index (χ0v) is 21.1. The first-order valence-electron chi connectivity index (χ1n) is 12.0. The third kappa shape index (κ3) is 5.86. The van der Waals surface area contributed by atoms with Gasteiger partial charge in [-0.25, -0.2) is 9.98 Å². The molecule has 1 aliphatic rings.